The Kier molecular flexibility index (Phi) is 6.26. The lowest BCUT2D eigenvalue weighted by atomic mass is 9.78. The predicted octanol–water partition coefficient (Wildman–Crippen LogP) is 6.46. The standard InChI is InChI=1S/C29H30N2O3/c1-3-33-21-15-13-19(14-16-21)20-17-25-28(26(32)18-20)29(22-9-5-8-12-27(22)34-4-2)31-24-11-7-6-10-23(24)30-25/h5-16,20,29-31H,3-4,17-18H2,1-2H3. The maximum atomic E-state index is 13.7. The fourth-order valence-electron chi connectivity index (χ4n) is 4.97. The molecule has 1 aliphatic heterocycles. The fourth-order valence-corrected chi connectivity index (χ4v) is 4.97. The summed E-state index contributed by atoms with van der Waals surface area (Å²) in [6.45, 7) is 5.16. The van der Waals surface area contributed by atoms with Crippen molar-refractivity contribution in [3.05, 3.63) is 95.2 Å². The zero-order valence-electron chi connectivity index (χ0n) is 19.6. The summed E-state index contributed by atoms with van der Waals surface area (Å²) in [6, 6.07) is 24.0. The third kappa shape index (κ3) is 4.26. The molecule has 5 rings (SSSR count). The first-order valence-electron chi connectivity index (χ1n) is 12.0. The summed E-state index contributed by atoms with van der Waals surface area (Å²) in [5.41, 5.74) is 5.85. The van der Waals surface area contributed by atoms with E-state index in [1.165, 1.54) is 0 Å². The first-order chi connectivity index (χ1) is 16.7. The minimum absolute atomic E-state index is 0.113. The van der Waals surface area contributed by atoms with E-state index in [0.29, 0.717) is 19.6 Å². The lowest BCUT2D eigenvalue weighted by Crippen LogP contribution is -2.27. The molecule has 5 heteroatoms. The molecule has 0 aromatic heterocycles. The van der Waals surface area contributed by atoms with Crippen LogP contribution in [0.4, 0.5) is 11.4 Å². The monoisotopic (exact) mass is 454 g/mol. The largest absolute Gasteiger partial charge is 0.494 e. The van der Waals surface area contributed by atoms with Gasteiger partial charge in [0.05, 0.1) is 30.6 Å². The van der Waals surface area contributed by atoms with Crippen LogP contribution in [-0.2, 0) is 4.79 Å². The topological polar surface area (TPSA) is 59.6 Å². The molecule has 0 fully saturated rings. The number of fused-ring (bicyclic) bond motifs is 1. The molecule has 0 saturated carbocycles. The van der Waals surface area contributed by atoms with E-state index in [1.54, 1.807) is 0 Å². The highest BCUT2D eigenvalue weighted by Gasteiger charge is 2.37. The van der Waals surface area contributed by atoms with Gasteiger partial charge in [-0.15, -0.1) is 0 Å². The Bertz CT molecular complexity index is 1220. The van der Waals surface area contributed by atoms with Gasteiger partial charge in [0.1, 0.15) is 11.5 Å². The van der Waals surface area contributed by atoms with E-state index in [1.807, 2.05) is 68.4 Å². The lowest BCUT2D eigenvalue weighted by molar-refractivity contribution is -0.116. The third-order valence-corrected chi connectivity index (χ3v) is 6.50. The molecule has 0 saturated heterocycles. The molecule has 2 N–H and O–H groups in total. The number of nitrogens with one attached hydrogen (secondary N) is 2. The van der Waals surface area contributed by atoms with Gasteiger partial charge in [-0.25, -0.2) is 0 Å². The normalized spacial score (nSPS) is 19.3. The van der Waals surface area contributed by atoms with Crippen LogP contribution in [0.1, 0.15) is 49.8 Å². The summed E-state index contributed by atoms with van der Waals surface area (Å²) in [5, 5.41) is 7.25. The van der Waals surface area contributed by atoms with E-state index in [9.17, 15) is 4.79 Å². The van der Waals surface area contributed by atoms with Gasteiger partial charge in [0, 0.05) is 23.3 Å². The van der Waals surface area contributed by atoms with Crippen LogP contribution in [0.15, 0.2) is 84.1 Å². The first kappa shape index (κ1) is 22.1. The van der Waals surface area contributed by atoms with Crippen molar-refractivity contribution in [2.24, 2.45) is 0 Å². The number of ether oxygens (including phenoxy) is 2. The smallest absolute Gasteiger partial charge is 0.163 e. The van der Waals surface area contributed by atoms with Crippen molar-refractivity contribution >= 4 is 17.2 Å². The van der Waals surface area contributed by atoms with Crippen LogP contribution >= 0.6 is 0 Å². The highest BCUT2D eigenvalue weighted by molar-refractivity contribution is 6.01. The van der Waals surface area contributed by atoms with Crippen LogP contribution in [0, 0.1) is 0 Å². The second kappa shape index (κ2) is 9.64. The number of rotatable bonds is 6. The number of Topliss-reactive ketones (excluding diaryl/α,β-unsaturated/α-hetero) is 1. The van der Waals surface area contributed by atoms with Crippen molar-refractivity contribution < 1.29 is 14.3 Å². The van der Waals surface area contributed by atoms with Crippen molar-refractivity contribution in [2.75, 3.05) is 23.8 Å². The molecule has 2 unspecified atom stereocenters. The van der Waals surface area contributed by atoms with E-state index >= 15 is 0 Å². The molecule has 2 aliphatic rings. The number of para-hydroxylation sites is 3. The Labute approximate surface area is 200 Å². The van der Waals surface area contributed by atoms with E-state index in [4.69, 9.17) is 9.47 Å². The molecule has 1 aliphatic carbocycles. The van der Waals surface area contributed by atoms with E-state index in [2.05, 4.69) is 28.8 Å². The van der Waals surface area contributed by atoms with Crippen molar-refractivity contribution in [1.82, 2.24) is 0 Å². The van der Waals surface area contributed by atoms with Crippen molar-refractivity contribution in [3.8, 4) is 11.5 Å². The molecule has 1 heterocycles. The molecular formula is C29H30N2O3. The Morgan fingerprint density at radius 3 is 2.29 bits per heavy atom. The van der Waals surface area contributed by atoms with Gasteiger partial charge in [0.15, 0.2) is 5.78 Å². The van der Waals surface area contributed by atoms with Crippen LogP contribution in [0.5, 0.6) is 11.5 Å². The van der Waals surface area contributed by atoms with Gasteiger partial charge in [0.25, 0.3) is 0 Å². The van der Waals surface area contributed by atoms with Crippen molar-refractivity contribution in [3.63, 3.8) is 0 Å². The molecular weight excluding hydrogens is 424 g/mol. The number of benzene rings is 3. The highest BCUT2D eigenvalue weighted by Crippen LogP contribution is 2.45. The number of hydrogen-bond donors (Lipinski definition) is 2. The van der Waals surface area contributed by atoms with Gasteiger partial charge in [-0.2, -0.15) is 0 Å². The number of carbonyl (C=O) groups is 1. The maximum Gasteiger partial charge on any atom is 0.163 e. The molecule has 174 valence electrons. The average Bonchev–Trinajstić information content (AvgIpc) is 3.02. The van der Waals surface area contributed by atoms with Gasteiger partial charge in [-0.3, -0.25) is 4.79 Å². The molecule has 3 aromatic rings. The van der Waals surface area contributed by atoms with Gasteiger partial charge in [-0.1, -0.05) is 42.5 Å². The van der Waals surface area contributed by atoms with Gasteiger partial charge in [-0.05, 0) is 62.1 Å². The minimum atomic E-state index is -0.289. The quantitative estimate of drug-likeness (QED) is 0.447. The first-order valence-corrected chi connectivity index (χ1v) is 12.0. The lowest BCUT2D eigenvalue weighted by Gasteiger charge is -2.30. The molecule has 3 aromatic carbocycles. The number of allylic oxidation sites excluding steroid dienone is 1. The Morgan fingerprint density at radius 2 is 1.53 bits per heavy atom. The summed E-state index contributed by atoms with van der Waals surface area (Å²) in [7, 11) is 0. The maximum absolute atomic E-state index is 13.7. The van der Waals surface area contributed by atoms with Crippen LogP contribution in [-0.4, -0.2) is 19.0 Å². The number of hydrogen-bond acceptors (Lipinski definition) is 5. The van der Waals surface area contributed by atoms with E-state index in [-0.39, 0.29) is 17.7 Å². The molecule has 34 heavy (non-hydrogen) atoms. The SMILES string of the molecule is CCOc1ccc(C2CC(=O)C3=C(C2)Nc2ccccc2NC3c2ccccc2OCC)cc1. The zero-order valence-corrected chi connectivity index (χ0v) is 19.6. The van der Waals surface area contributed by atoms with Crippen LogP contribution in [0.2, 0.25) is 0 Å². The molecule has 0 spiro atoms. The van der Waals surface area contributed by atoms with Crippen LogP contribution < -0.4 is 20.1 Å². The molecule has 5 nitrogen and oxygen atoms in total. The highest BCUT2D eigenvalue weighted by atomic mass is 16.5. The number of ketones is 1. The average molecular weight is 455 g/mol. The fraction of sp³-hybridized carbons (Fsp3) is 0.276. The second-order valence-electron chi connectivity index (χ2n) is 8.64. The minimum Gasteiger partial charge on any atom is -0.494 e. The van der Waals surface area contributed by atoms with Crippen molar-refractivity contribution in [1.29, 1.82) is 0 Å². The Balaban J connectivity index is 1.56. The summed E-state index contributed by atoms with van der Waals surface area (Å²) >= 11 is 0. The third-order valence-electron chi connectivity index (χ3n) is 6.50. The van der Waals surface area contributed by atoms with Gasteiger partial charge in [0.2, 0.25) is 0 Å². The summed E-state index contributed by atoms with van der Waals surface area (Å²) in [5.74, 6) is 1.92. The summed E-state index contributed by atoms with van der Waals surface area (Å²) < 4.78 is 11.5. The van der Waals surface area contributed by atoms with E-state index < -0.39 is 0 Å². The Hall–Kier alpha value is -3.73. The van der Waals surface area contributed by atoms with Crippen molar-refractivity contribution in [2.45, 2.75) is 38.6 Å². The van der Waals surface area contributed by atoms with E-state index in [0.717, 1.165) is 51.7 Å². The summed E-state index contributed by atoms with van der Waals surface area (Å²) in [6.07, 6.45) is 1.23. The second-order valence-corrected chi connectivity index (χ2v) is 8.64. The Morgan fingerprint density at radius 1 is 0.824 bits per heavy atom. The zero-order chi connectivity index (χ0) is 23.5. The number of carbonyl (C=O) groups excluding carboxylic acids is 1. The number of anilines is 2. The molecule has 0 amide bonds. The molecule has 0 bridgehead atoms. The summed E-state index contributed by atoms with van der Waals surface area (Å²) in [4.78, 5) is 13.7. The predicted molar refractivity (Wildman–Crippen MR) is 136 cm³/mol. The van der Waals surface area contributed by atoms with Crippen LogP contribution in [0.3, 0.4) is 0 Å². The van der Waals surface area contributed by atoms with Gasteiger partial charge >= 0.3 is 0 Å². The molecule has 2 atom stereocenters. The van der Waals surface area contributed by atoms with Gasteiger partial charge < -0.3 is 20.1 Å². The molecule has 0 radical (unpaired) electrons. The van der Waals surface area contributed by atoms with Crippen LogP contribution in [0.25, 0.3) is 0 Å².